The van der Waals surface area contributed by atoms with Crippen LogP contribution in [0.25, 0.3) is 28.0 Å². The summed E-state index contributed by atoms with van der Waals surface area (Å²) in [5, 5.41) is 5.30. The summed E-state index contributed by atoms with van der Waals surface area (Å²) in [5.41, 5.74) is 4.74. The SMILES string of the molecule is O=C1c2ccccc2-c2nc3c(cnn3-c3ccccc3)cc21. The van der Waals surface area contributed by atoms with Crippen LogP contribution < -0.4 is 0 Å². The van der Waals surface area contributed by atoms with E-state index in [2.05, 4.69) is 5.10 Å². The molecule has 4 aromatic rings. The van der Waals surface area contributed by atoms with Gasteiger partial charge in [-0.3, -0.25) is 4.79 Å². The Labute approximate surface area is 132 Å². The predicted octanol–water partition coefficient (Wildman–Crippen LogP) is 3.63. The number of nitrogens with zero attached hydrogens (tertiary/aromatic N) is 3. The van der Waals surface area contributed by atoms with Gasteiger partial charge in [-0.05, 0) is 18.2 Å². The molecule has 0 atom stereocenters. The molecule has 2 aromatic heterocycles. The molecule has 4 heteroatoms. The van der Waals surface area contributed by atoms with Crippen LogP contribution in [-0.4, -0.2) is 20.5 Å². The Morgan fingerprint density at radius 1 is 0.826 bits per heavy atom. The van der Waals surface area contributed by atoms with E-state index in [-0.39, 0.29) is 5.78 Å². The van der Waals surface area contributed by atoms with Crippen molar-refractivity contribution in [1.29, 1.82) is 0 Å². The molecule has 0 aliphatic heterocycles. The Morgan fingerprint density at radius 3 is 2.39 bits per heavy atom. The van der Waals surface area contributed by atoms with Gasteiger partial charge in [0, 0.05) is 22.1 Å². The van der Waals surface area contributed by atoms with Gasteiger partial charge in [-0.2, -0.15) is 5.10 Å². The van der Waals surface area contributed by atoms with Gasteiger partial charge in [0.05, 0.1) is 17.6 Å². The number of carbonyl (C=O) groups excluding carboxylic acids is 1. The lowest BCUT2D eigenvalue weighted by Crippen LogP contribution is -1.99. The molecule has 2 heterocycles. The van der Waals surface area contributed by atoms with Crippen molar-refractivity contribution in [3.05, 3.63) is 78.0 Å². The van der Waals surface area contributed by atoms with Crippen LogP contribution >= 0.6 is 0 Å². The standard InChI is InChI=1S/C19H11N3O/c23-18-15-9-5-4-8-14(15)17-16(18)10-12-11-20-22(19(12)21-17)13-6-2-1-3-7-13/h1-11H. The van der Waals surface area contributed by atoms with Crippen LogP contribution in [0, 0.1) is 0 Å². The maximum atomic E-state index is 12.5. The van der Waals surface area contributed by atoms with Crippen molar-refractivity contribution in [1.82, 2.24) is 14.8 Å². The van der Waals surface area contributed by atoms with Crippen molar-refractivity contribution in [3.63, 3.8) is 0 Å². The van der Waals surface area contributed by atoms with E-state index in [9.17, 15) is 4.79 Å². The Hall–Kier alpha value is -3.27. The fourth-order valence-corrected chi connectivity index (χ4v) is 3.13. The average molecular weight is 297 g/mol. The third-order valence-corrected chi connectivity index (χ3v) is 4.22. The van der Waals surface area contributed by atoms with Crippen molar-refractivity contribution in [2.45, 2.75) is 0 Å². The molecule has 0 N–H and O–H groups in total. The smallest absolute Gasteiger partial charge is 0.195 e. The normalized spacial score (nSPS) is 12.4. The summed E-state index contributed by atoms with van der Waals surface area (Å²) in [7, 11) is 0. The minimum Gasteiger partial charge on any atom is -0.289 e. The van der Waals surface area contributed by atoms with Gasteiger partial charge in [-0.15, -0.1) is 0 Å². The van der Waals surface area contributed by atoms with Gasteiger partial charge in [-0.25, -0.2) is 9.67 Å². The van der Waals surface area contributed by atoms with E-state index in [1.807, 2.05) is 60.7 Å². The third-order valence-electron chi connectivity index (χ3n) is 4.22. The number of fused-ring (bicyclic) bond motifs is 4. The van der Waals surface area contributed by atoms with Crippen molar-refractivity contribution in [2.24, 2.45) is 0 Å². The number of para-hydroxylation sites is 1. The molecule has 0 radical (unpaired) electrons. The predicted molar refractivity (Wildman–Crippen MR) is 87.7 cm³/mol. The zero-order valence-corrected chi connectivity index (χ0v) is 12.1. The van der Waals surface area contributed by atoms with Gasteiger partial charge >= 0.3 is 0 Å². The molecular weight excluding hydrogens is 286 g/mol. The second-order valence-electron chi connectivity index (χ2n) is 5.56. The topological polar surface area (TPSA) is 47.8 Å². The molecule has 23 heavy (non-hydrogen) atoms. The highest BCUT2D eigenvalue weighted by molar-refractivity contribution is 6.22. The summed E-state index contributed by atoms with van der Waals surface area (Å²) >= 11 is 0. The number of hydrogen-bond acceptors (Lipinski definition) is 3. The summed E-state index contributed by atoms with van der Waals surface area (Å²) in [6.07, 6.45) is 1.76. The van der Waals surface area contributed by atoms with Gasteiger partial charge < -0.3 is 0 Å². The first kappa shape index (κ1) is 12.3. The summed E-state index contributed by atoms with van der Waals surface area (Å²) in [6.45, 7) is 0. The molecule has 108 valence electrons. The van der Waals surface area contributed by atoms with E-state index in [1.165, 1.54) is 0 Å². The van der Waals surface area contributed by atoms with Gasteiger partial charge in [0.25, 0.3) is 0 Å². The molecule has 2 aromatic carbocycles. The number of ketones is 1. The van der Waals surface area contributed by atoms with Gasteiger partial charge in [-0.1, -0.05) is 42.5 Å². The summed E-state index contributed by atoms with van der Waals surface area (Å²) in [6, 6.07) is 19.4. The number of carbonyl (C=O) groups is 1. The van der Waals surface area contributed by atoms with Crippen molar-refractivity contribution in [2.75, 3.05) is 0 Å². The Kier molecular flexibility index (Phi) is 2.33. The van der Waals surface area contributed by atoms with Crippen LogP contribution in [0.1, 0.15) is 15.9 Å². The van der Waals surface area contributed by atoms with E-state index < -0.39 is 0 Å². The number of aromatic nitrogens is 3. The first-order valence-corrected chi connectivity index (χ1v) is 7.41. The second kappa shape index (κ2) is 4.36. The van der Waals surface area contributed by atoms with E-state index in [0.29, 0.717) is 5.56 Å². The maximum Gasteiger partial charge on any atom is 0.195 e. The zero-order chi connectivity index (χ0) is 15.4. The molecule has 0 saturated carbocycles. The second-order valence-corrected chi connectivity index (χ2v) is 5.56. The quantitative estimate of drug-likeness (QED) is 0.474. The fourth-order valence-electron chi connectivity index (χ4n) is 3.13. The fraction of sp³-hybridized carbons (Fsp3) is 0. The van der Waals surface area contributed by atoms with Gasteiger partial charge in [0.2, 0.25) is 0 Å². The highest BCUT2D eigenvalue weighted by Gasteiger charge is 2.28. The Bertz CT molecular complexity index is 1080. The molecule has 4 nitrogen and oxygen atoms in total. The molecule has 0 bridgehead atoms. The molecule has 5 rings (SSSR count). The highest BCUT2D eigenvalue weighted by Crippen LogP contribution is 2.36. The molecule has 1 aliphatic rings. The minimum atomic E-state index is 0.0393. The largest absolute Gasteiger partial charge is 0.289 e. The number of hydrogen-bond donors (Lipinski definition) is 0. The van der Waals surface area contributed by atoms with Gasteiger partial charge in [0.15, 0.2) is 11.4 Å². The first-order valence-electron chi connectivity index (χ1n) is 7.41. The van der Waals surface area contributed by atoms with E-state index in [1.54, 1.807) is 10.9 Å². The van der Waals surface area contributed by atoms with Crippen LogP contribution in [0.2, 0.25) is 0 Å². The molecular formula is C19H11N3O. The molecule has 1 aliphatic carbocycles. The minimum absolute atomic E-state index is 0.0393. The zero-order valence-electron chi connectivity index (χ0n) is 12.1. The molecule has 0 saturated heterocycles. The van der Waals surface area contributed by atoms with Crippen LogP contribution in [-0.2, 0) is 0 Å². The van der Waals surface area contributed by atoms with Crippen molar-refractivity contribution < 1.29 is 4.79 Å². The lowest BCUT2D eigenvalue weighted by atomic mass is 10.1. The average Bonchev–Trinajstić information content (AvgIpc) is 3.14. The highest BCUT2D eigenvalue weighted by atomic mass is 16.1. The van der Waals surface area contributed by atoms with E-state index >= 15 is 0 Å². The Morgan fingerprint density at radius 2 is 1.57 bits per heavy atom. The number of benzene rings is 2. The van der Waals surface area contributed by atoms with Crippen molar-refractivity contribution in [3.8, 4) is 16.9 Å². The number of pyridine rings is 1. The van der Waals surface area contributed by atoms with Crippen LogP contribution in [0.15, 0.2) is 66.9 Å². The summed E-state index contributed by atoms with van der Waals surface area (Å²) in [5.74, 6) is 0.0393. The van der Waals surface area contributed by atoms with Crippen molar-refractivity contribution >= 4 is 16.8 Å². The molecule has 0 amide bonds. The van der Waals surface area contributed by atoms with Crippen LogP contribution in [0.4, 0.5) is 0 Å². The summed E-state index contributed by atoms with van der Waals surface area (Å²) in [4.78, 5) is 17.3. The first-order chi connectivity index (χ1) is 11.3. The Balaban J connectivity index is 1.82. The van der Waals surface area contributed by atoms with Gasteiger partial charge in [0.1, 0.15) is 0 Å². The maximum absolute atomic E-state index is 12.5. The van der Waals surface area contributed by atoms with Crippen LogP contribution in [0.3, 0.4) is 0 Å². The lowest BCUT2D eigenvalue weighted by molar-refractivity contribution is 0.104. The van der Waals surface area contributed by atoms with E-state index in [4.69, 9.17) is 4.98 Å². The van der Waals surface area contributed by atoms with E-state index in [0.717, 1.165) is 33.5 Å². The monoisotopic (exact) mass is 297 g/mol. The molecule has 0 fully saturated rings. The molecule has 0 unspecified atom stereocenters. The third kappa shape index (κ3) is 1.63. The lowest BCUT2D eigenvalue weighted by Gasteiger charge is -2.04. The van der Waals surface area contributed by atoms with Crippen LogP contribution in [0.5, 0.6) is 0 Å². The molecule has 0 spiro atoms. The number of rotatable bonds is 1. The summed E-state index contributed by atoms with van der Waals surface area (Å²) < 4.78 is 1.81.